The van der Waals surface area contributed by atoms with Gasteiger partial charge in [0.2, 0.25) is 39.6 Å². The summed E-state index contributed by atoms with van der Waals surface area (Å²) in [6.45, 7) is 7.50. The summed E-state index contributed by atoms with van der Waals surface area (Å²) < 4.78 is 55.9. The zero-order valence-corrected chi connectivity index (χ0v) is 50.4. The van der Waals surface area contributed by atoms with Crippen molar-refractivity contribution in [2.45, 2.75) is 103 Å². The fourth-order valence-electron chi connectivity index (χ4n) is 9.65. The van der Waals surface area contributed by atoms with Crippen LogP contribution in [0.25, 0.3) is 11.0 Å². The number of rotatable bonds is 35. The van der Waals surface area contributed by atoms with Crippen LogP contribution >= 0.6 is 0 Å². The number of likely N-dealkylation sites (tertiary alicyclic amines) is 1. The average molecular weight is 1220 g/mol. The molecule has 472 valence electrons. The molecule has 3 aliphatic rings. The van der Waals surface area contributed by atoms with Crippen LogP contribution in [-0.4, -0.2) is 232 Å². The Morgan fingerprint density at radius 3 is 2.07 bits per heavy atom. The Morgan fingerprint density at radius 2 is 1.44 bits per heavy atom. The standard InChI is InChI=1S/C56H81N13O16S/c1-7-31-86(79,80)63-40-32-41(33-40)66(6)50-42-16-19-69(51(42)59-36-58-50)55(77)64(4)20-21-65(5)56(78)85-35-38-10-12-39(13-11-38)60-53(75)49(37(2)3)62-52(74)44-9-8-18-67(44)54(76)43(34-45(57)70)61-46(71)17-23-81-25-27-83-29-30-84-28-26-82-24-22-68-47(72)14-15-48(68)73/h10-16,19,36-37,40-41,43-44,49,63H,7-9,17-18,20-35H2,1-6H3,(H2,57,70)(H,60,75)(H,61,71)(H,62,74)/t40?,41?,43-,44-,49-/m0/s1. The van der Waals surface area contributed by atoms with Gasteiger partial charge in [-0.25, -0.2) is 32.7 Å². The van der Waals surface area contributed by atoms with Crippen molar-refractivity contribution >= 4 is 86.0 Å². The number of imide groups is 1. The third-order valence-corrected chi connectivity index (χ3v) is 16.2. The molecule has 4 heterocycles. The summed E-state index contributed by atoms with van der Waals surface area (Å²) in [5, 5.41) is 8.80. The summed E-state index contributed by atoms with van der Waals surface area (Å²) in [5.41, 5.74) is 6.88. The summed E-state index contributed by atoms with van der Waals surface area (Å²) in [4.78, 5) is 132. The zero-order valence-electron chi connectivity index (χ0n) is 49.6. The Labute approximate surface area is 499 Å². The molecule has 0 bridgehead atoms. The molecule has 0 unspecified atom stereocenters. The summed E-state index contributed by atoms with van der Waals surface area (Å²) >= 11 is 0. The van der Waals surface area contributed by atoms with Crippen molar-refractivity contribution in [1.29, 1.82) is 0 Å². The molecule has 9 amide bonds. The van der Waals surface area contributed by atoms with Gasteiger partial charge in [-0.15, -0.1) is 0 Å². The minimum atomic E-state index is -3.33. The highest BCUT2D eigenvalue weighted by atomic mass is 32.2. The van der Waals surface area contributed by atoms with Crippen LogP contribution in [0.3, 0.4) is 0 Å². The van der Waals surface area contributed by atoms with Crippen molar-refractivity contribution in [3.05, 3.63) is 60.6 Å². The third-order valence-electron chi connectivity index (χ3n) is 14.5. The van der Waals surface area contributed by atoms with Gasteiger partial charge in [0.05, 0.1) is 77.0 Å². The predicted molar refractivity (Wildman–Crippen MR) is 312 cm³/mol. The summed E-state index contributed by atoms with van der Waals surface area (Å²) in [6, 6.07) is 4.45. The van der Waals surface area contributed by atoms with Crippen molar-refractivity contribution in [1.82, 2.24) is 49.5 Å². The Kier molecular flexibility index (Phi) is 25.7. The van der Waals surface area contributed by atoms with Crippen molar-refractivity contribution in [3.63, 3.8) is 0 Å². The molecule has 3 aromatic rings. The number of carbonyl (C=O) groups excluding carboxylic acids is 9. The van der Waals surface area contributed by atoms with Gasteiger partial charge in [-0.1, -0.05) is 32.9 Å². The SMILES string of the molecule is CCCS(=O)(=O)NC1CC(N(C)c2ncnc3c2ccn3C(=O)N(C)CCN(C)C(=O)OCc2ccc(NC(=O)[C@@H](NC(=O)[C@@H]3CCCN3C(=O)[C@H](CC(N)=O)NC(=O)CCOCCOCCOCCOCCN3C(=O)C=CC3=O)C(C)C)cc2)C1. The number of ether oxygens (including phenoxy) is 5. The Bertz CT molecular complexity index is 2970. The number of hydrogen-bond acceptors (Lipinski definition) is 19. The van der Waals surface area contributed by atoms with Gasteiger partial charge in [0, 0.05) is 83.3 Å². The molecule has 2 aromatic heterocycles. The van der Waals surface area contributed by atoms with E-state index in [2.05, 4.69) is 30.6 Å². The fraction of sp³-hybridized carbons (Fsp3) is 0.589. The molecular weight excluding hydrogens is 1140 g/mol. The number of likely N-dealkylation sites (N-methyl/N-ethyl adjacent to an activating group) is 2. The molecule has 1 aliphatic carbocycles. The molecule has 1 saturated carbocycles. The number of aromatic nitrogens is 3. The first kappa shape index (κ1) is 67.5. The second kappa shape index (κ2) is 32.7. The van der Waals surface area contributed by atoms with Crippen molar-refractivity contribution in [2.24, 2.45) is 11.7 Å². The maximum atomic E-state index is 13.9. The first-order valence-electron chi connectivity index (χ1n) is 28.7. The molecular formula is C56H81N13O16S. The highest BCUT2D eigenvalue weighted by Crippen LogP contribution is 2.32. The number of nitrogens with two attached hydrogens (primary N) is 1. The quantitative estimate of drug-likeness (QED) is 0.0400. The molecule has 2 fully saturated rings. The van der Waals surface area contributed by atoms with Crippen LogP contribution < -0.4 is 31.3 Å². The maximum Gasteiger partial charge on any atom is 0.409 e. The molecule has 0 spiro atoms. The van der Waals surface area contributed by atoms with Crippen LogP contribution in [0.4, 0.5) is 21.1 Å². The monoisotopic (exact) mass is 1220 g/mol. The lowest BCUT2D eigenvalue weighted by Crippen LogP contribution is -2.57. The van der Waals surface area contributed by atoms with E-state index >= 15 is 0 Å². The maximum absolute atomic E-state index is 13.9. The van der Waals surface area contributed by atoms with E-state index in [1.807, 2.05) is 18.9 Å². The molecule has 6 rings (SSSR count). The first-order chi connectivity index (χ1) is 41.1. The van der Waals surface area contributed by atoms with Gasteiger partial charge in [-0.2, -0.15) is 0 Å². The van der Waals surface area contributed by atoms with Gasteiger partial charge in [0.1, 0.15) is 36.9 Å². The molecule has 1 saturated heterocycles. The van der Waals surface area contributed by atoms with Gasteiger partial charge in [0.25, 0.3) is 11.8 Å². The first-order valence-corrected chi connectivity index (χ1v) is 30.3. The van der Waals surface area contributed by atoms with Crippen molar-refractivity contribution in [2.75, 3.05) is 116 Å². The molecule has 6 N–H and O–H groups in total. The second-order valence-electron chi connectivity index (χ2n) is 21.4. The summed E-state index contributed by atoms with van der Waals surface area (Å²) in [7, 11) is 1.71. The number of nitrogens with one attached hydrogen (secondary N) is 4. The minimum absolute atomic E-state index is 0.0170. The summed E-state index contributed by atoms with van der Waals surface area (Å²) in [6.07, 6.45) is 6.60. The van der Waals surface area contributed by atoms with Gasteiger partial charge in [-0.3, -0.25) is 43.0 Å². The molecule has 3 atom stereocenters. The lowest BCUT2D eigenvalue weighted by molar-refractivity contribution is -0.143. The molecule has 1 aromatic carbocycles. The van der Waals surface area contributed by atoms with Gasteiger partial charge in [0.15, 0.2) is 5.65 Å². The molecule has 30 heteroatoms. The topological polar surface area (TPSA) is 355 Å². The van der Waals surface area contributed by atoms with Crippen LogP contribution in [0.1, 0.15) is 71.3 Å². The van der Waals surface area contributed by atoms with Crippen LogP contribution in [0.5, 0.6) is 0 Å². The van der Waals surface area contributed by atoms with Gasteiger partial charge in [-0.05, 0) is 61.8 Å². The molecule has 86 heavy (non-hydrogen) atoms. The minimum Gasteiger partial charge on any atom is -0.445 e. The van der Waals surface area contributed by atoms with E-state index < -0.39 is 70.2 Å². The summed E-state index contributed by atoms with van der Waals surface area (Å²) in [5.74, 6) is -3.65. The van der Waals surface area contributed by atoms with E-state index in [1.54, 1.807) is 64.5 Å². The van der Waals surface area contributed by atoms with E-state index in [4.69, 9.17) is 29.4 Å². The molecule has 2 aliphatic heterocycles. The number of anilines is 2. The van der Waals surface area contributed by atoms with E-state index in [9.17, 15) is 51.6 Å². The van der Waals surface area contributed by atoms with Gasteiger partial charge < -0.3 is 65.0 Å². The Hall–Kier alpha value is -7.64. The largest absolute Gasteiger partial charge is 0.445 e. The van der Waals surface area contributed by atoms with Crippen molar-refractivity contribution < 1.29 is 75.3 Å². The lowest BCUT2D eigenvalue weighted by atomic mass is 9.86. The Morgan fingerprint density at radius 1 is 0.814 bits per heavy atom. The highest BCUT2D eigenvalue weighted by Gasteiger charge is 2.40. The predicted octanol–water partition coefficient (Wildman–Crippen LogP) is 0.708. The number of nitrogens with zero attached hydrogens (tertiary/aromatic N) is 8. The van der Waals surface area contributed by atoms with E-state index in [-0.39, 0.29) is 140 Å². The number of primary amides is 1. The van der Waals surface area contributed by atoms with Crippen LogP contribution in [-0.2, 0) is 73.9 Å². The number of sulfonamides is 1. The normalized spacial score (nSPS) is 17.3. The van der Waals surface area contributed by atoms with E-state index in [0.29, 0.717) is 53.8 Å². The number of carbonyl (C=O) groups is 9. The smallest absolute Gasteiger partial charge is 0.409 e. The lowest BCUT2D eigenvalue weighted by Gasteiger charge is -2.41. The Balaban J connectivity index is 0.870. The third kappa shape index (κ3) is 19.7. The molecule has 29 nitrogen and oxygen atoms in total. The number of amides is 9. The number of hydrogen-bond donors (Lipinski definition) is 5. The van der Waals surface area contributed by atoms with E-state index in [1.165, 1.54) is 37.7 Å². The highest BCUT2D eigenvalue weighted by molar-refractivity contribution is 7.89. The van der Waals surface area contributed by atoms with E-state index in [0.717, 1.165) is 4.90 Å². The molecule has 0 radical (unpaired) electrons. The van der Waals surface area contributed by atoms with Crippen LogP contribution in [0.15, 0.2) is 55.0 Å². The number of benzene rings is 1. The van der Waals surface area contributed by atoms with Gasteiger partial charge >= 0.3 is 12.1 Å². The van der Waals surface area contributed by atoms with Crippen molar-refractivity contribution in [3.8, 4) is 0 Å². The number of fused-ring (bicyclic) bond motifs is 1. The van der Waals surface area contributed by atoms with Crippen LogP contribution in [0.2, 0.25) is 0 Å². The fourth-order valence-corrected chi connectivity index (χ4v) is 11.0. The zero-order chi connectivity index (χ0) is 62.5. The van der Waals surface area contributed by atoms with Crippen LogP contribution in [0, 0.1) is 5.92 Å². The second-order valence-corrected chi connectivity index (χ2v) is 23.3. The average Bonchev–Trinajstić information content (AvgIpc) is 2.20.